The Morgan fingerprint density at radius 1 is 1.35 bits per heavy atom. The van der Waals surface area contributed by atoms with Gasteiger partial charge in [0, 0.05) is 12.5 Å². The minimum absolute atomic E-state index is 0.274. The van der Waals surface area contributed by atoms with Gasteiger partial charge in [0.25, 0.3) is 0 Å². The maximum absolute atomic E-state index is 13.3. The van der Waals surface area contributed by atoms with Crippen LogP contribution in [0, 0.1) is 5.82 Å². The summed E-state index contributed by atoms with van der Waals surface area (Å²) in [7, 11) is 0. The number of rotatable bonds is 1. The van der Waals surface area contributed by atoms with Crippen molar-refractivity contribution in [3.63, 3.8) is 0 Å². The molecule has 4 nitrogen and oxygen atoms in total. The average Bonchev–Trinajstić information content (AvgIpc) is 2.75. The Labute approximate surface area is 101 Å². The largest absolute Gasteiger partial charge is 0.275 e. The van der Waals surface area contributed by atoms with Crippen molar-refractivity contribution in [3.8, 4) is 0 Å². The van der Waals surface area contributed by atoms with Crippen molar-refractivity contribution in [2.75, 3.05) is 0 Å². The summed E-state index contributed by atoms with van der Waals surface area (Å²) >= 11 is 6.02. The van der Waals surface area contributed by atoms with Gasteiger partial charge in [-0.1, -0.05) is 18.5 Å². The van der Waals surface area contributed by atoms with E-state index in [0.717, 1.165) is 5.82 Å². The highest BCUT2D eigenvalue weighted by atomic mass is 35.5. The standard InChI is InChI=1S/C11H8ClFN4/c1-2-9-15-16-11-10(12)14-7-4-3-6(13)5-8(7)17(9)11/h3-5H,2H2,1H3. The predicted octanol–water partition coefficient (Wildman–Crippen LogP) is 2.63. The Morgan fingerprint density at radius 3 is 2.94 bits per heavy atom. The van der Waals surface area contributed by atoms with Gasteiger partial charge in [0.15, 0.2) is 10.8 Å². The van der Waals surface area contributed by atoms with Crippen molar-refractivity contribution in [1.82, 2.24) is 19.6 Å². The zero-order valence-corrected chi connectivity index (χ0v) is 9.74. The van der Waals surface area contributed by atoms with Crippen molar-refractivity contribution in [1.29, 1.82) is 0 Å². The van der Waals surface area contributed by atoms with Crippen LogP contribution in [0.25, 0.3) is 16.7 Å². The zero-order valence-electron chi connectivity index (χ0n) is 8.98. The number of hydrogen-bond donors (Lipinski definition) is 0. The molecule has 6 heteroatoms. The fourth-order valence-corrected chi connectivity index (χ4v) is 2.07. The molecule has 0 aliphatic heterocycles. The van der Waals surface area contributed by atoms with Gasteiger partial charge in [0.2, 0.25) is 0 Å². The van der Waals surface area contributed by atoms with E-state index >= 15 is 0 Å². The molecule has 0 spiro atoms. The third kappa shape index (κ3) is 1.46. The van der Waals surface area contributed by atoms with Gasteiger partial charge in [0.1, 0.15) is 11.6 Å². The maximum atomic E-state index is 13.3. The molecule has 0 atom stereocenters. The van der Waals surface area contributed by atoms with Crippen molar-refractivity contribution >= 4 is 28.3 Å². The van der Waals surface area contributed by atoms with E-state index in [1.165, 1.54) is 12.1 Å². The van der Waals surface area contributed by atoms with Crippen LogP contribution in [-0.4, -0.2) is 19.6 Å². The molecule has 0 N–H and O–H groups in total. The lowest BCUT2D eigenvalue weighted by atomic mass is 10.3. The topological polar surface area (TPSA) is 43.1 Å². The highest BCUT2D eigenvalue weighted by Crippen LogP contribution is 2.22. The molecule has 0 radical (unpaired) electrons. The summed E-state index contributed by atoms with van der Waals surface area (Å²) in [6, 6.07) is 4.36. The highest BCUT2D eigenvalue weighted by molar-refractivity contribution is 6.32. The highest BCUT2D eigenvalue weighted by Gasteiger charge is 2.13. The lowest BCUT2D eigenvalue weighted by Gasteiger charge is -2.04. The van der Waals surface area contributed by atoms with Gasteiger partial charge in [-0.15, -0.1) is 10.2 Å². The fourth-order valence-electron chi connectivity index (χ4n) is 1.86. The van der Waals surface area contributed by atoms with Gasteiger partial charge >= 0.3 is 0 Å². The summed E-state index contributed by atoms with van der Waals surface area (Å²) in [5.41, 5.74) is 1.71. The number of benzene rings is 1. The number of fused-ring (bicyclic) bond motifs is 3. The van der Waals surface area contributed by atoms with Crippen LogP contribution < -0.4 is 0 Å². The van der Waals surface area contributed by atoms with E-state index in [1.807, 2.05) is 6.92 Å². The number of nitrogens with zero attached hydrogens (tertiary/aromatic N) is 4. The van der Waals surface area contributed by atoms with Crippen molar-refractivity contribution < 1.29 is 4.39 Å². The first-order chi connectivity index (χ1) is 8.20. The number of hydrogen-bond acceptors (Lipinski definition) is 3. The SMILES string of the molecule is CCc1nnc2c(Cl)nc3ccc(F)cc3n12. The molecule has 17 heavy (non-hydrogen) atoms. The molecule has 86 valence electrons. The Hall–Kier alpha value is -1.75. The molecule has 3 rings (SSSR count). The second-order valence-corrected chi connectivity index (χ2v) is 4.02. The minimum Gasteiger partial charge on any atom is -0.275 e. The monoisotopic (exact) mass is 250 g/mol. The van der Waals surface area contributed by atoms with E-state index in [4.69, 9.17) is 11.6 Å². The minimum atomic E-state index is -0.321. The summed E-state index contributed by atoms with van der Waals surface area (Å²) in [6.45, 7) is 1.95. The molecule has 3 aromatic rings. The van der Waals surface area contributed by atoms with Crippen molar-refractivity contribution in [2.45, 2.75) is 13.3 Å². The van der Waals surface area contributed by atoms with E-state index in [2.05, 4.69) is 15.2 Å². The predicted molar refractivity (Wildman–Crippen MR) is 62.6 cm³/mol. The third-order valence-electron chi connectivity index (χ3n) is 2.63. The van der Waals surface area contributed by atoms with Crippen LogP contribution in [0.3, 0.4) is 0 Å². The molecule has 0 fully saturated rings. The van der Waals surface area contributed by atoms with Gasteiger partial charge in [-0.05, 0) is 12.1 Å². The van der Waals surface area contributed by atoms with E-state index in [0.29, 0.717) is 23.1 Å². The molecule has 2 heterocycles. The van der Waals surface area contributed by atoms with Gasteiger partial charge in [-0.3, -0.25) is 4.40 Å². The van der Waals surface area contributed by atoms with Crippen LogP contribution in [0.5, 0.6) is 0 Å². The molecule has 0 aliphatic rings. The molecule has 1 aromatic carbocycles. The van der Waals surface area contributed by atoms with Crippen molar-refractivity contribution in [3.05, 3.63) is 35.0 Å². The molecular formula is C11H8ClFN4. The fraction of sp³-hybridized carbons (Fsp3) is 0.182. The number of aromatic nitrogens is 4. The Bertz CT molecular complexity index is 722. The van der Waals surface area contributed by atoms with Gasteiger partial charge in [0.05, 0.1) is 11.0 Å². The molecule has 0 aliphatic carbocycles. The molecular weight excluding hydrogens is 243 g/mol. The molecule has 0 saturated carbocycles. The van der Waals surface area contributed by atoms with Crippen LogP contribution in [0.15, 0.2) is 18.2 Å². The molecule has 2 aromatic heterocycles. The van der Waals surface area contributed by atoms with Gasteiger partial charge in [-0.25, -0.2) is 9.37 Å². The first-order valence-electron chi connectivity index (χ1n) is 5.19. The second-order valence-electron chi connectivity index (χ2n) is 3.66. The second kappa shape index (κ2) is 3.63. The van der Waals surface area contributed by atoms with Gasteiger partial charge in [-0.2, -0.15) is 0 Å². The summed E-state index contributed by atoms with van der Waals surface area (Å²) in [4.78, 5) is 4.17. The average molecular weight is 251 g/mol. The summed E-state index contributed by atoms with van der Waals surface area (Å²) in [5.74, 6) is 0.415. The van der Waals surface area contributed by atoms with Crippen LogP contribution in [0.2, 0.25) is 5.15 Å². The summed E-state index contributed by atoms with van der Waals surface area (Å²) < 4.78 is 15.0. The summed E-state index contributed by atoms with van der Waals surface area (Å²) in [6.07, 6.45) is 0.688. The smallest absolute Gasteiger partial charge is 0.199 e. The van der Waals surface area contributed by atoms with Crippen molar-refractivity contribution in [2.24, 2.45) is 0 Å². The quantitative estimate of drug-likeness (QED) is 0.667. The van der Waals surface area contributed by atoms with E-state index in [-0.39, 0.29) is 11.0 Å². The Morgan fingerprint density at radius 2 is 2.18 bits per heavy atom. The van der Waals surface area contributed by atoms with E-state index < -0.39 is 0 Å². The van der Waals surface area contributed by atoms with E-state index in [1.54, 1.807) is 10.5 Å². The maximum Gasteiger partial charge on any atom is 0.199 e. The summed E-state index contributed by atoms with van der Waals surface area (Å²) in [5, 5.41) is 8.26. The molecule has 0 saturated heterocycles. The van der Waals surface area contributed by atoms with Crippen LogP contribution in [0.4, 0.5) is 4.39 Å². The molecule has 0 bridgehead atoms. The zero-order chi connectivity index (χ0) is 12.0. The van der Waals surface area contributed by atoms with Crippen LogP contribution in [0.1, 0.15) is 12.7 Å². The molecule has 0 unspecified atom stereocenters. The lowest BCUT2D eigenvalue weighted by Crippen LogP contribution is -1.97. The first kappa shape index (κ1) is 10.4. The normalized spacial score (nSPS) is 11.5. The molecule has 0 amide bonds. The lowest BCUT2D eigenvalue weighted by molar-refractivity contribution is 0.629. The van der Waals surface area contributed by atoms with Crippen LogP contribution in [-0.2, 0) is 6.42 Å². The van der Waals surface area contributed by atoms with E-state index in [9.17, 15) is 4.39 Å². The Balaban J connectivity index is 2.58. The Kier molecular flexibility index (Phi) is 2.22. The number of aryl methyl sites for hydroxylation is 1. The van der Waals surface area contributed by atoms with Crippen LogP contribution >= 0.6 is 11.6 Å². The first-order valence-corrected chi connectivity index (χ1v) is 5.57. The number of halogens is 2. The van der Waals surface area contributed by atoms with Gasteiger partial charge < -0.3 is 0 Å². The third-order valence-corrected chi connectivity index (χ3v) is 2.88.